The minimum absolute atomic E-state index is 0.147. The van der Waals surface area contributed by atoms with E-state index < -0.39 is 0 Å². The molecule has 0 heterocycles. The third-order valence-corrected chi connectivity index (χ3v) is 3.58. The zero-order valence-electron chi connectivity index (χ0n) is 12.7. The van der Waals surface area contributed by atoms with Crippen molar-refractivity contribution in [2.24, 2.45) is 0 Å². The fourth-order valence-corrected chi connectivity index (χ4v) is 2.19. The molecule has 2 aromatic carbocycles. The maximum atomic E-state index is 12.1. The second-order valence-corrected chi connectivity index (χ2v) is 5.15. The Morgan fingerprint density at radius 3 is 2.64 bits per heavy atom. The Bertz CT molecular complexity index is 659. The Hall–Kier alpha value is -2.20. The molecule has 0 radical (unpaired) electrons. The van der Waals surface area contributed by atoms with Crippen LogP contribution in [0.25, 0.3) is 0 Å². The maximum absolute atomic E-state index is 12.1. The summed E-state index contributed by atoms with van der Waals surface area (Å²) in [4.78, 5) is 12.1. The van der Waals surface area contributed by atoms with Gasteiger partial charge >= 0.3 is 0 Å². The van der Waals surface area contributed by atoms with Gasteiger partial charge in [-0.1, -0.05) is 29.8 Å². The lowest BCUT2D eigenvalue weighted by molar-refractivity contribution is -0.114. The number of carbonyl (C=O) groups is 1. The zero-order chi connectivity index (χ0) is 15.9. The van der Waals surface area contributed by atoms with Crippen molar-refractivity contribution < 1.29 is 9.53 Å². The van der Waals surface area contributed by atoms with Gasteiger partial charge in [0.05, 0.1) is 18.8 Å². The maximum Gasteiger partial charge on any atom is 0.243 e. The fourth-order valence-electron chi connectivity index (χ4n) is 2.02. The van der Waals surface area contributed by atoms with Gasteiger partial charge in [-0.25, -0.2) is 0 Å². The van der Waals surface area contributed by atoms with Gasteiger partial charge in [-0.05, 0) is 43.7 Å². The van der Waals surface area contributed by atoms with Crippen LogP contribution in [0.1, 0.15) is 12.5 Å². The van der Waals surface area contributed by atoms with Crippen LogP contribution in [-0.2, 0) is 4.79 Å². The minimum atomic E-state index is -0.147. The Kier molecular flexibility index (Phi) is 5.67. The van der Waals surface area contributed by atoms with Gasteiger partial charge in [0.1, 0.15) is 5.75 Å². The highest BCUT2D eigenvalue weighted by Gasteiger charge is 2.08. The first-order valence-electron chi connectivity index (χ1n) is 7.12. The zero-order valence-corrected chi connectivity index (χ0v) is 13.4. The molecule has 0 aliphatic rings. The molecule has 0 aliphatic heterocycles. The lowest BCUT2D eigenvalue weighted by Gasteiger charge is -2.13. The molecule has 0 spiro atoms. The highest BCUT2D eigenvalue weighted by molar-refractivity contribution is 6.31. The predicted molar refractivity (Wildman–Crippen MR) is 90.9 cm³/mol. The number of rotatable bonds is 6. The van der Waals surface area contributed by atoms with E-state index in [2.05, 4.69) is 10.6 Å². The van der Waals surface area contributed by atoms with Crippen LogP contribution in [0.5, 0.6) is 5.75 Å². The number of amides is 1. The molecule has 0 unspecified atom stereocenters. The van der Waals surface area contributed by atoms with Crippen molar-refractivity contribution in [3.8, 4) is 5.75 Å². The molecule has 0 atom stereocenters. The number of para-hydroxylation sites is 2. The van der Waals surface area contributed by atoms with E-state index in [-0.39, 0.29) is 12.5 Å². The molecule has 0 bridgehead atoms. The summed E-state index contributed by atoms with van der Waals surface area (Å²) in [5, 5.41) is 6.60. The van der Waals surface area contributed by atoms with Crippen LogP contribution >= 0.6 is 11.6 Å². The largest absolute Gasteiger partial charge is 0.492 e. The second-order valence-electron chi connectivity index (χ2n) is 4.74. The number of ether oxygens (including phenoxy) is 1. The van der Waals surface area contributed by atoms with E-state index >= 15 is 0 Å². The van der Waals surface area contributed by atoms with E-state index in [9.17, 15) is 4.79 Å². The molecule has 4 nitrogen and oxygen atoms in total. The molecule has 22 heavy (non-hydrogen) atoms. The van der Waals surface area contributed by atoms with Crippen LogP contribution in [-0.4, -0.2) is 19.1 Å². The lowest BCUT2D eigenvalue weighted by Crippen LogP contribution is -2.22. The highest BCUT2D eigenvalue weighted by atomic mass is 35.5. The summed E-state index contributed by atoms with van der Waals surface area (Å²) in [5.74, 6) is 0.517. The van der Waals surface area contributed by atoms with Gasteiger partial charge in [-0.2, -0.15) is 0 Å². The van der Waals surface area contributed by atoms with Gasteiger partial charge in [0.25, 0.3) is 0 Å². The van der Waals surface area contributed by atoms with Crippen LogP contribution in [0.4, 0.5) is 11.4 Å². The van der Waals surface area contributed by atoms with Gasteiger partial charge in [-0.3, -0.25) is 4.79 Å². The van der Waals surface area contributed by atoms with E-state index in [1.807, 2.05) is 56.3 Å². The predicted octanol–water partition coefficient (Wildman–Crippen LogP) is 4.10. The second kappa shape index (κ2) is 7.71. The molecule has 0 saturated carbocycles. The normalized spacial score (nSPS) is 10.1. The molecule has 2 rings (SSSR count). The quantitative estimate of drug-likeness (QED) is 0.843. The van der Waals surface area contributed by atoms with Gasteiger partial charge in [0.15, 0.2) is 0 Å². The number of hydrogen-bond donors (Lipinski definition) is 2. The average molecular weight is 319 g/mol. The molecule has 0 aromatic heterocycles. The number of anilines is 2. The summed E-state index contributed by atoms with van der Waals surface area (Å²) in [7, 11) is 0. The van der Waals surface area contributed by atoms with E-state index in [0.717, 1.165) is 11.3 Å². The van der Waals surface area contributed by atoms with E-state index in [4.69, 9.17) is 16.3 Å². The average Bonchev–Trinajstić information content (AvgIpc) is 2.51. The number of carbonyl (C=O) groups excluding carboxylic acids is 1. The third-order valence-electron chi connectivity index (χ3n) is 3.17. The summed E-state index contributed by atoms with van der Waals surface area (Å²) >= 11 is 6.06. The van der Waals surface area contributed by atoms with Crippen LogP contribution in [0.2, 0.25) is 5.02 Å². The van der Waals surface area contributed by atoms with Crippen molar-refractivity contribution in [1.29, 1.82) is 0 Å². The van der Waals surface area contributed by atoms with Gasteiger partial charge in [0, 0.05) is 10.7 Å². The lowest BCUT2D eigenvalue weighted by atomic mass is 10.2. The summed E-state index contributed by atoms with van der Waals surface area (Å²) < 4.78 is 5.48. The smallest absolute Gasteiger partial charge is 0.243 e. The number of benzene rings is 2. The molecule has 2 aromatic rings. The van der Waals surface area contributed by atoms with Crippen LogP contribution in [0.15, 0.2) is 42.5 Å². The standard InChI is InChI=1S/C17H19ClN2O2/c1-3-22-16-10-5-4-8-15(16)20-17(21)11-19-14-9-6-7-13(18)12(14)2/h4-10,19H,3,11H2,1-2H3,(H,20,21). The summed E-state index contributed by atoms with van der Waals surface area (Å²) in [6, 6.07) is 12.9. The van der Waals surface area contributed by atoms with Crippen LogP contribution in [0, 0.1) is 6.92 Å². The van der Waals surface area contributed by atoms with Crippen molar-refractivity contribution in [1.82, 2.24) is 0 Å². The first-order chi connectivity index (χ1) is 10.6. The van der Waals surface area contributed by atoms with Crippen molar-refractivity contribution >= 4 is 28.9 Å². The molecule has 0 saturated heterocycles. The van der Waals surface area contributed by atoms with E-state index in [0.29, 0.717) is 23.1 Å². The highest BCUT2D eigenvalue weighted by Crippen LogP contribution is 2.24. The van der Waals surface area contributed by atoms with E-state index in [1.54, 1.807) is 0 Å². The molecule has 1 amide bonds. The number of hydrogen-bond acceptors (Lipinski definition) is 3. The number of halogens is 1. The molecule has 2 N–H and O–H groups in total. The SMILES string of the molecule is CCOc1ccccc1NC(=O)CNc1cccc(Cl)c1C. The Morgan fingerprint density at radius 1 is 1.14 bits per heavy atom. The Labute approximate surface area is 135 Å². The molecular weight excluding hydrogens is 300 g/mol. The monoisotopic (exact) mass is 318 g/mol. The van der Waals surface area contributed by atoms with Crippen molar-refractivity contribution in [3.63, 3.8) is 0 Å². The van der Waals surface area contributed by atoms with Crippen molar-refractivity contribution in [3.05, 3.63) is 53.1 Å². The Morgan fingerprint density at radius 2 is 1.86 bits per heavy atom. The fraction of sp³-hybridized carbons (Fsp3) is 0.235. The van der Waals surface area contributed by atoms with Crippen molar-refractivity contribution in [2.45, 2.75) is 13.8 Å². The number of nitrogens with one attached hydrogen (secondary N) is 2. The summed E-state index contributed by atoms with van der Waals surface area (Å²) in [6.45, 7) is 4.52. The van der Waals surface area contributed by atoms with Crippen molar-refractivity contribution in [2.75, 3.05) is 23.8 Å². The minimum Gasteiger partial charge on any atom is -0.492 e. The van der Waals surface area contributed by atoms with Gasteiger partial charge in [0.2, 0.25) is 5.91 Å². The third kappa shape index (κ3) is 4.15. The summed E-state index contributed by atoms with van der Waals surface area (Å²) in [5.41, 5.74) is 2.44. The molecule has 116 valence electrons. The summed E-state index contributed by atoms with van der Waals surface area (Å²) in [6.07, 6.45) is 0. The van der Waals surface area contributed by atoms with Crippen LogP contribution < -0.4 is 15.4 Å². The van der Waals surface area contributed by atoms with Crippen LogP contribution in [0.3, 0.4) is 0 Å². The van der Waals surface area contributed by atoms with Gasteiger partial charge in [-0.15, -0.1) is 0 Å². The molecule has 5 heteroatoms. The molecule has 0 fully saturated rings. The Balaban J connectivity index is 1.97. The molecular formula is C17H19ClN2O2. The topological polar surface area (TPSA) is 50.4 Å². The van der Waals surface area contributed by atoms with Gasteiger partial charge < -0.3 is 15.4 Å². The first-order valence-corrected chi connectivity index (χ1v) is 7.50. The molecule has 0 aliphatic carbocycles. The van der Waals surface area contributed by atoms with E-state index in [1.165, 1.54) is 0 Å². The first kappa shape index (κ1) is 16.2.